The van der Waals surface area contributed by atoms with Gasteiger partial charge in [0.05, 0.1) is 12.7 Å². The summed E-state index contributed by atoms with van der Waals surface area (Å²) >= 11 is 0. The zero-order valence-corrected chi connectivity index (χ0v) is 9.29. The Kier molecular flexibility index (Phi) is 3.14. The van der Waals surface area contributed by atoms with E-state index in [1.54, 1.807) is 6.92 Å². The van der Waals surface area contributed by atoms with E-state index < -0.39 is 29.7 Å². The molecule has 0 radical (unpaired) electrons. The molecule has 0 aliphatic carbocycles. The Bertz CT molecular complexity index is 520. The van der Waals surface area contributed by atoms with Gasteiger partial charge in [-0.15, -0.1) is 0 Å². The Labute approximate surface area is 96.3 Å². The van der Waals surface area contributed by atoms with Gasteiger partial charge >= 0.3 is 5.69 Å². The lowest BCUT2D eigenvalue weighted by atomic mass is 10.2. The lowest BCUT2D eigenvalue weighted by Crippen LogP contribution is -2.41. The van der Waals surface area contributed by atoms with Gasteiger partial charge in [-0.3, -0.25) is 4.79 Å². The Morgan fingerprint density at radius 2 is 2.29 bits per heavy atom. The van der Waals surface area contributed by atoms with E-state index >= 15 is 0 Å². The number of hydrogen-bond acceptors (Lipinski definition) is 5. The van der Waals surface area contributed by atoms with Crippen molar-refractivity contribution in [2.75, 3.05) is 6.61 Å². The molecule has 17 heavy (non-hydrogen) atoms. The number of H-pyrrole nitrogens is 1. The standard InChI is InChI=1S/C10H14N2O5/c1-5-3-11-10(16)12(8(5)15)9-7(14)2-6(4-13)17-9/h3,6-7,9,13-14H,2,4H2,1H3,(H,11,16)/t6-,7+,9?/m0/s1. The smallest absolute Gasteiger partial charge is 0.330 e. The van der Waals surface area contributed by atoms with Crippen molar-refractivity contribution in [3.8, 4) is 0 Å². The fraction of sp³-hybridized carbons (Fsp3) is 0.600. The lowest BCUT2D eigenvalue weighted by Gasteiger charge is -2.16. The van der Waals surface area contributed by atoms with Crippen molar-refractivity contribution in [1.29, 1.82) is 0 Å². The zero-order valence-electron chi connectivity index (χ0n) is 9.29. The highest BCUT2D eigenvalue weighted by Crippen LogP contribution is 2.26. The molecule has 3 N–H and O–H groups in total. The number of aromatic nitrogens is 2. The van der Waals surface area contributed by atoms with Crippen molar-refractivity contribution >= 4 is 0 Å². The Hall–Kier alpha value is -1.44. The predicted octanol–water partition coefficient (Wildman–Crippen LogP) is -1.51. The summed E-state index contributed by atoms with van der Waals surface area (Å²) in [5.74, 6) is 0. The van der Waals surface area contributed by atoms with E-state index in [9.17, 15) is 14.7 Å². The van der Waals surface area contributed by atoms with Crippen LogP contribution in [0.2, 0.25) is 0 Å². The summed E-state index contributed by atoms with van der Waals surface area (Å²) in [6.45, 7) is 1.30. The molecule has 2 heterocycles. The summed E-state index contributed by atoms with van der Waals surface area (Å²) in [5.41, 5.74) is -0.785. The molecule has 0 saturated carbocycles. The highest BCUT2D eigenvalue weighted by molar-refractivity contribution is 5.02. The van der Waals surface area contributed by atoms with Crippen LogP contribution in [-0.2, 0) is 4.74 Å². The van der Waals surface area contributed by atoms with Crippen molar-refractivity contribution in [1.82, 2.24) is 9.55 Å². The molecule has 1 aromatic rings. The number of nitrogens with one attached hydrogen (secondary N) is 1. The number of hydrogen-bond donors (Lipinski definition) is 3. The highest BCUT2D eigenvalue weighted by Gasteiger charge is 2.36. The van der Waals surface area contributed by atoms with E-state index in [2.05, 4.69) is 4.98 Å². The molecule has 7 heteroatoms. The Morgan fingerprint density at radius 3 is 2.88 bits per heavy atom. The van der Waals surface area contributed by atoms with Crippen LogP contribution in [0.4, 0.5) is 0 Å². The van der Waals surface area contributed by atoms with E-state index in [-0.39, 0.29) is 13.0 Å². The van der Waals surface area contributed by atoms with Crippen LogP contribution < -0.4 is 11.2 Å². The first-order valence-corrected chi connectivity index (χ1v) is 5.29. The van der Waals surface area contributed by atoms with Gasteiger partial charge in [0.15, 0.2) is 6.23 Å². The van der Waals surface area contributed by atoms with Gasteiger partial charge in [-0.1, -0.05) is 0 Å². The third kappa shape index (κ3) is 2.04. The second-order valence-electron chi connectivity index (χ2n) is 4.09. The molecular formula is C10H14N2O5. The summed E-state index contributed by atoms with van der Waals surface area (Å²) < 4.78 is 6.11. The van der Waals surface area contributed by atoms with E-state index in [4.69, 9.17) is 9.84 Å². The van der Waals surface area contributed by atoms with Gasteiger partial charge in [0.1, 0.15) is 6.10 Å². The predicted molar refractivity (Wildman–Crippen MR) is 57.7 cm³/mol. The molecule has 1 saturated heterocycles. The fourth-order valence-corrected chi connectivity index (χ4v) is 1.89. The summed E-state index contributed by atoms with van der Waals surface area (Å²) in [7, 11) is 0. The molecule has 0 amide bonds. The molecule has 2 rings (SSSR count). The topological polar surface area (TPSA) is 105 Å². The van der Waals surface area contributed by atoms with E-state index in [1.807, 2.05) is 0 Å². The average molecular weight is 242 g/mol. The number of aliphatic hydroxyl groups excluding tert-OH is 2. The maximum atomic E-state index is 11.8. The Morgan fingerprint density at radius 1 is 1.59 bits per heavy atom. The van der Waals surface area contributed by atoms with E-state index in [0.717, 1.165) is 4.57 Å². The van der Waals surface area contributed by atoms with Crippen LogP contribution in [0.3, 0.4) is 0 Å². The van der Waals surface area contributed by atoms with E-state index in [0.29, 0.717) is 5.56 Å². The number of nitrogens with zero attached hydrogens (tertiary/aromatic N) is 1. The van der Waals surface area contributed by atoms with Crippen LogP contribution in [-0.4, -0.2) is 38.6 Å². The molecule has 0 bridgehead atoms. The molecular weight excluding hydrogens is 228 g/mol. The quantitative estimate of drug-likeness (QED) is 0.584. The molecule has 1 fully saturated rings. The fourth-order valence-electron chi connectivity index (χ4n) is 1.89. The van der Waals surface area contributed by atoms with Gasteiger partial charge in [-0.2, -0.15) is 0 Å². The van der Waals surface area contributed by atoms with Crippen LogP contribution in [0.1, 0.15) is 18.2 Å². The first-order chi connectivity index (χ1) is 8.04. The molecule has 1 aromatic heterocycles. The minimum absolute atomic E-state index is 0.195. The third-order valence-corrected chi connectivity index (χ3v) is 2.81. The summed E-state index contributed by atoms with van der Waals surface area (Å²) in [4.78, 5) is 25.8. The van der Waals surface area contributed by atoms with Crippen LogP contribution in [0.25, 0.3) is 0 Å². The van der Waals surface area contributed by atoms with Crippen molar-refractivity contribution in [2.45, 2.75) is 31.8 Å². The molecule has 7 nitrogen and oxygen atoms in total. The summed E-state index contributed by atoms with van der Waals surface area (Å²) in [5, 5.41) is 18.7. The number of rotatable bonds is 2. The van der Waals surface area contributed by atoms with Crippen molar-refractivity contribution in [2.24, 2.45) is 0 Å². The molecule has 94 valence electrons. The van der Waals surface area contributed by atoms with Crippen LogP contribution >= 0.6 is 0 Å². The molecule has 1 aliphatic heterocycles. The highest BCUT2D eigenvalue weighted by atomic mass is 16.5. The summed E-state index contributed by atoms with van der Waals surface area (Å²) in [6.07, 6.45) is -1.06. The number of aryl methyl sites for hydroxylation is 1. The largest absolute Gasteiger partial charge is 0.394 e. The molecule has 0 aromatic carbocycles. The van der Waals surface area contributed by atoms with Crippen molar-refractivity contribution < 1.29 is 14.9 Å². The van der Waals surface area contributed by atoms with Gasteiger partial charge in [0, 0.05) is 18.2 Å². The van der Waals surface area contributed by atoms with Gasteiger partial charge in [-0.25, -0.2) is 9.36 Å². The molecule has 0 spiro atoms. The second-order valence-corrected chi connectivity index (χ2v) is 4.09. The average Bonchev–Trinajstić information content (AvgIpc) is 2.66. The van der Waals surface area contributed by atoms with Crippen LogP contribution in [0, 0.1) is 6.92 Å². The van der Waals surface area contributed by atoms with Gasteiger partial charge < -0.3 is 19.9 Å². The number of ether oxygens (including phenoxy) is 1. The molecule has 3 atom stereocenters. The third-order valence-electron chi connectivity index (χ3n) is 2.81. The number of aromatic amines is 1. The van der Waals surface area contributed by atoms with Crippen LogP contribution in [0.5, 0.6) is 0 Å². The van der Waals surface area contributed by atoms with Gasteiger partial charge in [0.25, 0.3) is 5.56 Å². The van der Waals surface area contributed by atoms with E-state index in [1.165, 1.54) is 6.20 Å². The SMILES string of the molecule is Cc1c[nH]c(=O)n(C2O[C@H](CO)C[C@H]2O)c1=O. The van der Waals surface area contributed by atoms with Crippen molar-refractivity contribution in [3.63, 3.8) is 0 Å². The first kappa shape index (κ1) is 12.0. The van der Waals surface area contributed by atoms with Gasteiger partial charge in [-0.05, 0) is 6.92 Å². The van der Waals surface area contributed by atoms with Crippen LogP contribution in [0.15, 0.2) is 15.8 Å². The number of aliphatic hydroxyl groups is 2. The minimum Gasteiger partial charge on any atom is -0.394 e. The molecule has 1 aliphatic rings. The first-order valence-electron chi connectivity index (χ1n) is 5.29. The second kappa shape index (κ2) is 4.44. The van der Waals surface area contributed by atoms with Crippen molar-refractivity contribution in [3.05, 3.63) is 32.6 Å². The molecule has 1 unspecified atom stereocenters. The maximum Gasteiger partial charge on any atom is 0.330 e. The minimum atomic E-state index is -1.04. The normalized spacial score (nSPS) is 28.5. The Balaban J connectivity index is 2.45. The lowest BCUT2D eigenvalue weighted by molar-refractivity contribution is -0.0547. The summed E-state index contributed by atoms with van der Waals surface area (Å²) in [6, 6.07) is 0. The maximum absolute atomic E-state index is 11.8. The monoisotopic (exact) mass is 242 g/mol. The zero-order chi connectivity index (χ0) is 12.6. The van der Waals surface area contributed by atoms with Gasteiger partial charge in [0.2, 0.25) is 0 Å².